The second kappa shape index (κ2) is 5.41. The van der Waals surface area contributed by atoms with Crippen molar-refractivity contribution in [2.45, 2.75) is 52.0 Å². The van der Waals surface area contributed by atoms with Crippen molar-refractivity contribution in [1.29, 1.82) is 0 Å². The predicted molar refractivity (Wildman–Crippen MR) is 81.7 cm³/mol. The van der Waals surface area contributed by atoms with E-state index in [1.807, 2.05) is 0 Å². The minimum atomic E-state index is 0.110. The normalized spacial score (nSPS) is 29.1. The van der Waals surface area contributed by atoms with Crippen LogP contribution < -0.4 is 10.6 Å². The van der Waals surface area contributed by atoms with Gasteiger partial charge in [-0.05, 0) is 38.5 Å². The van der Waals surface area contributed by atoms with E-state index in [9.17, 15) is 0 Å². The van der Waals surface area contributed by atoms with E-state index in [4.69, 9.17) is 10.7 Å². The van der Waals surface area contributed by atoms with Gasteiger partial charge in [0.1, 0.15) is 0 Å². The van der Waals surface area contributed by atoms with Crippen molar-refractivity contribution in [1.82, 2.24) is 4.98 Å². The first-order chi connectivity index (χ1) is 9.15. The lowest BCUT2D eigenvalue weighted by molar-refractivity contribution is 0.202. The fourth-order valence-electron chi connectivity index (χ4n) is 3.73. The molecule has 1 aromatic rings. The molecule has 0 amide bonds. The summed E-state index contributed by atoms with van der Waals surface area (Å²) in [6.45, 7) is 6.55. The van der Waals surface area contributed by atoms with Crippen LogP contribution in [-0.4, -0.2) is 18.1 Å². The summed E-state index contributed by atoms with van der Waals surface area (Å²) >= 11 is 1.80. The second-order valence-electron chi connectivity index (χ2n) is 6.27. The van der Waals surface area contributed by atoms with E-state index in [-0.39, 0.29) is 6.04 Å². The lowest BCUT2D eigenvalue weighted by Crippen LogP contribution is -2.41. The number of thiazole rings is 1. The van der Waals surface area contributed by atoms with Crippen molar-refractivity contribution in [3.05, 3.63) is 10.6 Å². The first kappa shape index (κ1) is 13.4. The van der Waals surface area contributed by atoms with E-state index in [2.05, 4.69) is 18.7 Å². The molecular weight excluding hydrogens is 254 g/mol. The van der Waals surface area contributed by atoms with Crippen LogP contribution >= 0.6 is 11.3 Å². The number of hydrogen-bond donors (Lipinski definition) is 1. The number of aromatic nitrogens is 1. The number of rotatable bonds is 2. The molecule has 1 aliphatic carbocycles. The number of nitrogens with zero attached hydrogens (tertiary/aromatic N) is 2. The van der Waals surface area contributed by atoms with E-state index in [0.717, 1.165) is 17.5 Å². The summed E-state index contributed by atoms with van der Waals surface area (Å²) in [5, 5.41) is 1.20. The van der Waals surface area contributed by atoms with Crippen LogP contribution in [-0.2, 0) is 0 Å². The third kappa shape index (κ3) is 2.65. The summed E-state index contributed by atoms with van der Waals surface area (Å²) in [5.41, 5.74) is 7.14. The molecule has 3 unspecified atom stereocenters. The van der Waals surface area contributed by atoms with Gasteiger partial charge in [-0.25, -0.2) is 4.98 Å². The molecule has 1 saturated carbocycles. The summed E-state index contributed by atoms with van der Waals surface area (Å²) in [7, 11) is 0. The minimum Gasteiger partial charge on any atom is -0.348 e. The van der Waals surface area contributed by atoms with Gasteiger partial charge in [0.15, 0.2) is 5.13 Å². The number of piperidine rings is 1. The molecule has 4 heteroatoms. The molecule has 3 nitrogen and oxygen atoms in total. The monoisotopic (exact) mass is 279 g/mol. The van der Waals surface area contributed by atoms with Gasteiger partial charge in [-0.3, -0.25) is 0 Å². The Labute approximate surface area is 120 Å². The summed E-state index contributed by atoms with van der Waals surface area (Å²) in [5.74, 6) is 1.89. The largest absolute Gasteiger partial charge is 0.348 e. The van der Waals surface area contributed by atoms with Crippen molar-refractivity contribution < 1.29 is 0 Å². The van der Waals surface area contributed by atoms with Gasteiger partial charge in [0.05, 0.1) is 5.69 Å². The van der Waals surface area contributed by atoms with Crippen LogP contribution in [0.2, 0.25) is 0 Å². The Bertz CT molecular complexity index is 441. The van der Waals surface area contributed by atoms with Crippen molar-refractivity contribution >= 4 is 16.5 Å². The molecule has 2 heterocycles. The van der Waals surface area contributed by atoms with Crippen molar-refractivity contribution in [2.75, 3.05) is 18.0 Å². The molecule has 1 saturated heterocycles. The molecule has 106 valence electrons. The van der Waals surface area contributed by atoms with Crippen LogP contribution in [0.25, 0.3) is 0 Å². The van der Waals surface area contributed by atoms with Crippen LogP contribution in [0, 0.1) is 18.8 Å². The molecule has 1 aromatic heterocycles. The second-order valence-corrected chi connectivity index (χ2v) is 7.28. The molecule has 3 atom stereocenters. The maximum atomic E-state index is 6.02. The molecule has 19 heavy (non-hydrogen) atoms. The molecular formula is C15H25N3S. The average Bonchev–Trinajstić information content (AvgIpc) is 2.80. The van der Waals surface area contributed by atoms with Crippen LogP contribution in [0.3, 0.4) is 0 Å². The standard InChI is InChI=1S/C15H25N3S/c1-10(16)14-11(2)17-15(19-14)18-8-7-12-5-3-4-6-13(12)9-18/h10,12-13H,3-9,16H2,1-2H3. The summed E-state index contributed by atoms with van der Waals surface area (Å²) in [6.07, 6.45) is 7.12. The fourth-order valence-corrected chi connectivity index (χ4v) is 4.78. The Morgan fingerprint density at radius 2 is 2.00 bits per heavy atom. The van der Waals surface area contributed by atoms with E-state index in [1.165, 1.54) is 55.2 Å². The van der Waals surface area contributed by atoms with Gasteiger partial charge in [0, 0.05) is 24.0 Å². The van der Waals surface area contributed by atoms with Gasteiger partial charge < -0.3 is 10.6 Å². The third-order valence-electron chi connectivity index (χ3n) is 4.80. The first-order valence-electron chi connectivity index (χ1n) is 7.63. The number of hydrogen-bond acceptors (Lipinski definition) is 4. The summed E-state index contributed by atoms with van der Waals surface area (Å²) < 4.78 is 0. The molecule has 0 spiro atoms. The van der Waals surface area contributed by atoms with Crippen molar-refractivity contribution in [3.63, 3.8) is 0 Å². The van der Waals surface area contributed by atoms with E-state index in [0.29, 0.717) is 0 Å². The molecule has 0 aromatic carbocycles. The molecule has 0 bridgehead atoms. The first-order valence-corrected chi connectivity index (χ1v) is 8.44. The SMILES string of the molecule is Cc1nc(N2CCC3CCCCC3C2)sc1C(C)N. The lowest BCUT2D eigenvalue weighted by Gasteiger charge is -2.41. The Hall–Kier alpha value is -0.610. The van der Waals surface area contributed by atoms with E-state index >= 15 is 0 Å². The highest BCUT2D eigenvalue weighted by Crippen LogP contribution is 2.39. The lowest BCUT2D eigenvalue weighted by atomic mass is 9.75. The summed E-state index contributed by atoms with van der Waals surface area (Å²) in [4.78, 5) is 8.52. The van der Waals surface area contributed by atoms with E-state index in [1.54, 1.807) is 11.3 Å². The zero-order valence-electron chi connectivity index (χ0n) is 12.1. The molecule has 0 radical (unpaired) electrons. The highest BCUT2D eigenvalue weighted by atomic mass is 32.1. The molecule has 3 rings (SSSR count). The Balaban J connectivity index is 1.74. The third-order valence-corrected chi connectivity index (χ3v) is 6.22. The Morgan fingerprint density at radius 1 is 1.26 bits per heavy atom. The van der Waals surface area contributed by atoms with Gasteiger partial charge >= 0.3 is 0 Å². The zero-order valence-corrected chi connectivity index (χ0v) is 12.9. The number of fused-ring (bicyclic) bond motifs is 1. The van der Waals surface area contributed by atoms with Gasteiger partial charge in [-0.15, -0.1) is 11.3 Å². The van der Waals surface area contributed by atoms with Gasteiger partial charge in [-0.2, -0.15) is 0 Å². The van der Waals surface area contributed by atoms with Gasteiger partial charge in [0.25, 0.3) is 0 Å². The topological polar surface area (TPSA) is 42.2 Å². The van der Waals surface area contributed by atoms with Crippen molar-refractivity contribution in [3.8, 4) is 0 Å². The highest BCUT2D eigenvalue weighted by molar-refractivity contribution is 7.15. The molecule has 2 N–H and O–H groups in total. The predicted octanol–water partition coefficient (Wildman–Crippen LogP) is 3.49. The summed E-state index contributed by atoms with van der Waals surface area (Å²) in [6, 6.07) is 0.110. The quantitative estimate of drug-likeness (QED) is 0.901. The number of anilines is 1. The van der Waals surface area contributed by atoms with Crippen LogP contribution in [0.4, 0.5) is 5.13 Å². The minimum absolute atomic E-state index is 0.110. The number of aryl methyl sites for hydroxylation is 1. The molecule has 2 aliphatic rings. The van der Waals surface area contributed by atoms with Crippen LogP contribution in [0.5, 0.6) is 0 Å². The molecule has 1 aliphatic heterocycles. The maximum absolute atomic E-state index is 6.02. The number of nitrogens with two attached hydrogens (primary N) is 1. The Kier molecular flexibility index (Phi) is 3.81. The van der Waals surface area contributed by atoms with Gasteiger partial charge in [-0.1, -0.05) is 19.3 Å². The van der Waals surface area contributed by atoms with E-state index < -0.39 is 0 Å². The highest BCUT2D eigenvalue weighted by Gasteiger charge is 2.32. The van der Waals surface area contributed by atoms with Crippen LogP contribution in [0.15, 0.2) is 0 Å². The smallest absolute Gasteiger partial charge is 0.185 e. The Morgan fingerprint density at radius 3 is 2.68 bits per heavy atom. The average molecular weight is 279 g/mol. The maximum Gasteiger partial charge on any atom is 0.185 e. The van der Waals surface area contributed by atoms with Gasteiger partial charge in [0.2, 0.25) is 0 Å². The van der Waals surface area contributed by atoms with Crippen LogP contribution in [0.1, 0.15) is 55.6 Å². The fraction of sp³-hybridized carbons (Fsp3) is 0.800. The van der Waals surface area contributed by atoms with Crippen molar-refractivity contribution in [2.24, 2.45) is 17.6 Å². The molecule has 2 fully saturated rings. The zero-order chi connectivity index (χ0) is 13.4.